The molecular formula is C10H18ClN3O. The second kappa shape index (κ2) is 5.47. The molecule has 0 spiro atoms. The molecule has 2 heterocycles. The maximum atomic E-state index is 5.26. The summed E-state index contributed by atoms with van der Waals surface area (Å²) in [5, 5.41) is 7.32. The summed E-state index contributed by atoms with van der Waals surface area (Å²) in [4.78, 5) is 4.42. The van der Waals surface area contributed by atoms with Crippen LogP contribution < -0.4 is 5.32 Å². The SMILES string of the molecule is CC(C)c1noc(C2CCCNC2)n1.Cl. The highest BCUT2D eigenvalue weighted by Crippen LogP contribution is 2.22. The molecule has 2 rings (SSSR count). The summed E-state index contributed by atoms with van der Waals surface area (Å²) in [5.74, 6) is 2.40. The molecule has 1 aliphatic rings. The Morgan fingerprint density at radius 2 is 2.27 bits per heavy atom. The van der Waals surface area contributed by atoms with Gasteiger partial charge in [0, 0.05) is 12.5 Å². The van der Waals surface area contributed by atoms with E-state index < -0.39 is 0 Å². The smallest absolute Gasteiger partial charge is 0.231 e. The van der Waals surface area contributed by atoms with E-state index in [9.17, 15) is 0 Å². The van der Waals surface area contributed by atoms with Crippen molar-refractivity contribution < 1.29 is 4.52 Å². The minimum atomic E-state index is 0. The number of hydrogen-bond donors (Lipinski definition) is 1. The lowest BCUT2D eigenvalue weighted by Gasteiger charge is -2.18. The van der Waals surface area contributed by atoms with Crippen molar-refractivity contribution in [1.29, 1.82) is 0 Å². The Kier molecular flexibility index (Phi) is 4.54. The first-order chi connectivity index (χ1) is 6.77. The average molecular weight is 232 g/mol. The van der Waals surface area contributed by atoms with Crippen molar-refractivity contribution in [3.05, 3.63) is 11.7 Å². The number of rotatable bonds is 2. The summed E-state index contributed by atoms with van der Waals surface area (Å²) in [6.45, 7) is 6.24. The van der Waals surface area contributed by atoms with Gasteiger partial charge in [-0.2, -0.15) is 4.98 Å². The topological polar surface area (TPSA) is 51.0 Å². The molecule has 5 heteroatoms. The van der Waals surface area contributed by atoms with E-state index in [0.29, 0.717) is 11.8 Å². The predicted molar refractivity (Wildman–Crippen MR) is 60.5 cm³/mol. The fraction of sp³-hybridized carbons (Fsp3) is 0.800. The van der Waals surface area contributed by atoms with Crippen LogP contribution in [-0.2, 0) is 0 Å². The lowest BCUT2D eigenvalue weighted by Crippen LogP contribution is -2.28. The summed E-state index contributed by atoms with van der Waals surface area (Å²) in [6.07, 6.45) is 2.36. The molecule has 0 aromatic carbocycles. The van der Waals surface area contributed by atoms with Crippen LogP contribution in [0.1, 0.15) is 50.2 Å². The second-order valence-electron chi connectivity index (χ2n) is 4.19. The van der Waals surface area contributed by atoms with E-state index in [-0.39, 0.29) is 12.4 Å². The van der Waals surface area contributed by atoms with Gasteiger partial charge in [0.05, 0.1) is 5.92 Å². The molecule has 86 valence electrons. The summed E-state index contributed by atoms with van der Waals surface area (Å²) in [7, 11) is 0. The zero-order valence-corrected chi connectivity index (χ0v) is 10.0. The Balaban J connectivity index is 0.00000112. The van der Waals surface area contributed by atoms with E-state index in [0.717, 1.165) is 31.2 Å². The van der Waals surface area contributed by atoms with E-state index >= 15 is 0 Å². The molecule has 0 amide bonds. The van der Waals surface area contributed by atoms with Gasteiger partial charge in [-0.1, -0.05) is 19.0 Å². The molecule has 1 aromatic heterocycles. The third-order valence-electron chi connectivity index (χ3n) is 2.62. The van der Waals surface area contributed by atoms with Gasteiger partial charge < -0.3 is 9.84 Å². The van der Waals surface area contributed by atoms with Crippen LogP contribution in [0.15, 0.2) is 4.52 Å². The van der Waals surface area contributed by atoms with Crippen LogP contribution in [0.5, 0.6) is 0 Å². The number of nitrogens with zero attached hydrogens (tertiary/aromatic N) is 2. The van der Waals surface area contributed by atoms with Gasteiger partial charge in [-0.3, -0.25) is 0 Å². The van der Waals surface area contributed by atoms with Crippen molar-refractivity contribution in [3.63, 3.8) is 0 Å². The van der Waals surface area contributed by atoms with Crippen LogP contribution in [-0.4, -0.2) is 23.2 Å². The lowest BCUT2D eigenvalue weighted by molar-refractivity contribution is 0.319. The van der Waals surface area contributed by atoms with E-state index in [1.54, 1.807) is 0 Å². The highest BCUT2D eigenvalue weighted by molar-refractivity contribution is 5.85. The van der Waals surface area contributed by atoms with Crippen LogP contribution in [0.3, 0.4) is 0 Å². The Bertz CT molecular complexity index is 295. The average Bonchev–Trinajstić information content (AvgIpc) is 2.68. The number of aromatic nitrogens is 2. The molecular weight excluding hydrogens is 214 g/mol. The van der Waals surface area contributed by atoms with Crippen LogP contribution in [0.4, 0.5) is 0 Å². The quantitative estimate of drug-likeness (QED) is 0.847. The van der Waals surface area contributed by atoms with Crippen molar-refractivity contribution in [2.75, 3.05) is 13.1 Å². The van der Waals surface area contributed by atoms with Gasteiger partial charge in [0.2, 0.25) is 5.89 Å². The van der Waals surface area contributed by atoms with Crippen LogP contribution in [0, 0.1) is 0 Å². The number of piperidine rings is 1. The van der Waals surface area contributed by atoms with Crippen molar-refractivity contribution in [1.82, 2.24) is 15.5 Å². The van der Waals surface area contributed by atoms with Crippen LogP contribution in [0.2, 0.25) is 0 Å². The monoisotopic (exact) mass is 231 g/mol. The minimum absolute atomic E-state index is 0. The Hall–Kier alpha value is -0.610. The summed E-state index contributed by atoms with van der Waals surface area (Å²) >= 11 is 0. The van der Waals surface area contributed by atoms with Crippen molar-refractivity contribution in [2.45, 2.75) is 38.5 Å². The molecule has 1 saturated heterocycles. The van der Waals surface area contributed by atoms with Crippen LogP contribution >= 0.6 is 12.4 Å². The highest BCUT2D eigenvalue weighted by atomic mass is 35.5. The molecule has 0 aliphatic carbocycles. The first-order valence-electron chi connectivity index (χ1n) is 5.31. The third kappa shape index (κ3) is 2.92. The number of nitrogens with one attached hydrogen (secondary N) is 1. The number of halogens is 1. The minimum Gasteiger partial charge on any atom is -0.339 e. The zero-order chi connectivity index (χ0) is 9.97. The van der Waals surface area contributed by atoms with E-state index in [1.165, 1.54) is 6.42 Å². The molecule has 0 saturated carbocycles. The summed E-state index contributed by atoms with van der Waals surface area (Å²) in [6, 6.07) is 0. The predicted octanol–water partition coefficient (Wildman–Crippen LogP) is 2.08. The van der Waals surface area contributed by atoms with Gasteiger partial charge in [0.25, 0.3) is 0 Å². The largest absolute Gasteiger partial charge is 0.339 e. The highest BCUT2D eigenvalue weighted by Gasteiger charge is 2.21. The third-order valence-corrected chi connectivity index (χ3v) is 2.62. The van der Waals surface area contributed by atoms with Gasteiger partial charge in [-0.15, -0.1) is 12.4 Å². The van der Waals surface area contributed by atoms with Crippen LogP contribution in [0.25, 0.3) is 0 Å². The molecule has 15 heavy (non-hydrogen) atoms. The Labute approximate surface area is 96.2 Å². The standard InChI is InChI=1S/C10H17N3O.ClH/c1-7(2)9-12-10(14-13-9)8-4-3-5-11-6-8;/h7-8,11H,3-6H2,1-2H3;1H. The summed E-state index contributed by atoms with van der Waals surface area (Å²) in [5.41, 5.74) is 0. The first-order valence-corrected chi connectivity index (χ1v) is 5.31. The van der Waals surface area contributed by atoms with Gasteiger partial charge in [-0.05, 0) is 19.4 Å². The van der Waals surface area contributed by atoms with Crippen molar-refractivity contribution in [3.8, 4) is 0 Å². The Morgan fingerprint density at radius 1 is 1.47 bits per heavy atom. The zero-order valence-electron chi connectivity index (χ0n) is 9.19. The molecule has 4 nitrogen and oxygen atoms in total. The van der Waals surface area contributed by atoms with Crippen molar-refractivity contribution in [2.24, 2.45) is 0 Å². The first kappa shape index (κ1) is 12.5. The molecule has 1 fully saturated rings. The number of hydrogen-bond acceptors (Lipinski definition) is 4. The molecule has 0 bridgehead atoms. The van der Waals surface area contributed by atoms with Gasteiger partial charge in [0.1, 0.15) is 0 Å². The van der Waals surface area contributed by atoms with Crippen molar-refractivity contribution >= 4 is 12.4 Å². The van der Waals surface area contributed by atoms with Gasteiger partial charge in [-0.25, -0.2) is 0 Å². The molecule has 1 N–H and O–H groups in total. The van der Waals surface area contributed by atoms with E-state index in [1.807, 2.05) is 0 Å². The molecule has 0 radical (unpaired) electrons. The molecule has 1 aliphatic heterocycles. The normalized spacial score (nSPS) is 21.4. The van der Waals surface area contributed by atoms with Gasteiger partial charge >= 0.3 is 0 Å². The molecule has 1 unspecified atom stereocenters. The fourth-order valence-corrected chi connectivity index (χ4v) is 1.71. The molecule has 1 aromatic rings. The Morgan fingerprint density at radius 3 is 2.80 bits per heavy atom. The second-order valence-corrected chi connectivity index (χ2v) is 4.19. The summed E-state index contributed by atoms with van der Waals surface area (Å²) < 4.78 is 5.26. The molecule has 1 atom stereocenters. The maximum Gasteiger partial charge on any atom is 0.231 e. The van der Waals surface area contributed by atoms with E-state index in [4.69, 9.17) is 4.52 Å². The fourth-order valence-electron chi connectivity index (χ4n) is 1.71. The van der Waals surface area contributed by atoms with Gasteiger partial charge in [0.15, 0.2) is 5.82 Å². The maximum absolute atomic E-state index is 5.26. The van der Waals surface area contributed by atoms with E-state index in [2.05, 4.69) is 29.3 Å². The lowest BCUT2D eigenvalue weighted by atomic mass is 10.00.